The highest BCUT2D eigenvalue weighted by molar-refractivity contribution is 6.24. The topological polar surface area (TPSA) is 43.4 Å². The van der Waals surface area contributed by atoms with Gasteiger partial charge in [-0.25, -0.2) is 0 Å². The first-order chi connectivity index (χ1) is 31.1. The summed E-state index contributed by atoms with van der Waals surface area (Å²) in [5, 5.41) is 4.64. The third kappa shape index (κ3) is 6.81. The Morgan fingerprint density at radius 2 is 0.545 bits per heavy atom. The monoisotopic (exact) mass is 881 g/mol. The molecule has 66 heavy (non-hydrogen) atoms. The summed E-state index contributed by atoms with van der Waals surface area (Å²) >= 11 is 0. The molecule has 7 aromatic rings. The number of benzene rings is 7. The number of hydrogen-bond acceptors (Lipinski definition) is 6. The lowest BCUT2D eigenvalue weighted by Crippen LogP contribution is -2.33. The summed E-state index contributed by atoms with van der Waals surface area (Å²) < 4.78 is 24.4. The number of hydrogen-bond donors (Lipinski definition) is 0. The molecule has 0 unspecified atom stereocenters. The lowest BCUT2D eigenvalue weighted by molar-refractivity contribution is 0.0188. The molecule has 0 N–H and O–H groups in total. The largest absolute Gasteiger partial charge is 0.374 e. The lowest BCUT2D eigenvalue weighted by atomic mass is 9.71. The molecule has 2 aliphatic rings. The first kappa shape index (κ1) is 45.6. The van der Waals surface area contributed by atoms with E-state index in [0.717, 1.165) is 77.9 Å². The van der Waals surface area contributed by atoms with E-state index in [0.29, 0.717) is 0 Å². The molecule has 342 valence electrons. The zero-order chi connectivity index (χ0) is 47.5. The molecule has 0 saturated heterocycles. The third-order valence-electron chi connectivity index (χ3n) is 15.8. The molecule has 0 amide bonds. The van der Waals surface area contributed by atoms with Gasteiger partial charge in [0.05, 0.1) is 56.5 Å². The van der Waals surface area contributed by atoms with Gasteiger partial charge in [-0.1, -0.05) is 100 Å². The van der Waals surface area contributed by atoms with Crippen LogP contribution in [0.15, 0.2) is 121 Å². The van der Waals surface area contributed by atoms with Crippen molar-refractivity contribution in [2.45, 2.75) is 116 Å². The van der Waals surface area contributed by atoms with Crippen molar-refractivity contribution in [3.8, 4) is 0 Å². The Hall–Kier alpha value is -5.50. The smallest absolute Gasteiger partial charge is 0.0871 e. The van der Waals surface area contributed by atoms with Crippen LogP contribution in [0.4, 0.5) is 34.1 Å². The molecule has 0 spiro atoms. The van der Waals surface area contributed by atoms with Crippen LogP contribution in [0.1, 0.15) is 128 Å². The van der Waals surface area contributed by atoms with Crippen LogP contribution < -0.4 is 9.80 Å². The van der Waals surface area contributed by atoms with Gasteiger partial charge < -0.3 is 28.7 Å². The Morgan fingerprint density at radius 3 is 0.742 bits per heavy atom. The summed E-state index contributed by atoms with van der Waals surface area (Å²) in [5.74, 6) is 0. The van der Waals surface area contributed by atoms with E-state index in [1.807, 2.05) is 0 Å². The van der Waals surface area contributed by atoms with Crippen LogP contribution in [0.2, 0.25) is 0 Å². The van der Waals surface area contributed by atoms with Gasteiger partial charge in [0.2, 0.25) is 0 Å². The van der Waals surface area contributed by atoms with Gasteiger partial charge in [-0.05, 0) is 148 Å². The van der Waals surface area contributed by atoms with Crippen molar-refractivity contribution < 1.29 is 18.9 Å². The van der Waals surface area contributed by atoms with Crippen LogP contribution in [-0.2, 0) is 52.2 Å². The van der Waals surface area contributed by atoms with Crippen LogP contribution in [0.5, 0.6) is 0 Å². The summed E-state index contributed by atoms with van der Waals surface area (Å²) in [6.45, 7) is 26.6. The van der Waals surface area contributed by atoms with E-state index in [-0.39, 0.29) is 10.8 Å². The summed E-state index contributed by atoms with van der Waals surface area (Å²) in [6.07, 6.45) is 0. The minimum absolute atomic E-state index is 0.354. The van der Waals surface area contributed by atoms with Crippen LogP contribution in [0.25, 0.3) is 21.5 Å². The second-order valence-electron chi connectivity index (χ2n) is 21.5. The number of rotatable bonds is 10. The van der Waals surface area contributed by atoms with Crippen molar-refractivity contribution in [2.75, 3.05) is 38.2 Å². The standard InChI is InChI=1S/C60H68N2O4/c1-55(2)45-33-37(57(5,6)63-13)25-29-49(45)61(50-30-26-38(34-46(50)55)58(7,8)64-14)53-41-21-17-19-23-43(41)54(44-24-20-18-22-42(44)53)62-51-31-27-39(59(9,10)65-15)35-47(51)56(3,4)48-36-40(28-32-52(48)62)60(11,12)66-16/h17-36H,1-16H3. The fourth-order valence-electron chi connectivity index (χ4n) is 10.5. The Labute approximate surface area is 393 Å². The molecule has 2 aliphatic heterocycles. The average molecular weight is 881 g/mol. The molecule has 0 saturated carbocycles. The molecule has 9 rings (SSSR count). The van der Waals surface area contributed by atoms with Crippen molar-refractivity contribution in [3.05, 3.63) is 166 Å². The number of methoxy groups -OCH3 is 4. The van der Waals surface area contributed by atoms with Crippen LogP contribution >= 0.6 is 0 Å². The van der Waals surface area contributed by atoms with E-state index < -0.39 is 22.4 Å². The van der Waals surface area contributed by atoms with Crippen molar-refractivity contribution in [1.82, 2.24) is 0 Å². The van der Waals surface area contributed by atoms with Crippen molar-refractivity contribution in [2.24, 2.45) is 0 Å². The molecule has 0 fully saturated rings. The molecular weight excluding hydrogens is 813 g/mol. The maximum Gasteiger partial charge on any atom is 0.0871 e. The molecule has 6 heteroatoms. The van der Waals surface area contributed by atoms with Gasteiger partial charge in [0.25, 0.3) is 0 Å². The molecule has 0 atom stereocenters. The maximum atomic E-state index is 6.10. The molecular formula is C60H68N2O4. The first-order valence-electron chi connectivity index (χ1n) is 23.4. The Balaban J connectivity index is 1.40. The van der Waals surface area contributed by atoms with Crippen LogP contribution in [-0.4, -0.2) is 28.4 Å². The predicted molar refractivity (Wildman–Crippen MR) is 275 cm³/mol. The molecule has 2 heterocycles. The summed E-state index contributed by atoms with van der Waals surface area (Å²) in [7, 11) is 7.18. The molecule has 0 aliphatic carbocycles. The fraction of sp³-hybridized carbons (Fsp3) is 0.367. The van der Waals surface area contributed by atoms with Crippen molar-refractivity contribution in [1.29, 1.82) is 0 Å². The van der Waals surface area contributed by atoms with Gasteiger partial charge >= 0.3 is 0 Å². The highest BCUT2D eigenvalue weighted by Crippen LogP contribution is 2.60. The van der Waals surface area contributed by atoms with Gasteiger partial charge in [-0.3, -0.25) is 0 Å². The van der Waals surface area contributed by atoms with E-state index in [4.69, 9.17) is 18.9 Å². The minimum atomic E-state index is -0.479. The number of nitrogens with zero attached hydrogens (tertiary/aromatic N) is 2. The Bertz CT molecular complexity index is 2660. The number of anilines is 6. The molecule has 0 bridgehead atoms. The van der Waals surface area contributed by atoms with Gasteiger partial charge in [0.1, 0.15) is 0 Å². The van der Waals surface area contributed by atoms with E-state index in [2.05, 4.69) is 214 Å². The second kappa shape index (κ2) is 15.5. The zero-order valence-electron chi connectivity index (χ0n) is 42.1. The highest BCUT2D eigenvalue weighted by atomic mass is 16.5. The summed E-state index contributed by atoms with van der Waals surface area (Å²) in [6, 6.07) is 45.8. The predicted octanol–water partition coefficient (Wildman–Crippen LogP) is 15.7. The van der Waals surface area contributed by atoms with E-state index in [9.17, 15) is 0 Å². The van der Waals surface area contributed by atoms with Crippen LogP contribution in [0.3, 0.4) is 0 Å². The van der Waals surface area contributed by atoms with E-state index in [1.165, 1.54) is 22.3 Å². The highest BCUT2D eigenvalue weighted by Gasteiger charge is 2.43. The maximum absolute atomic E-state index is 6.10. The fourth-order valence-corrected chi connectivity index (χ4v) is 10.5. The van der Waals surface area contributed by atoms with Gasteiger partial charge in [-0.15, -0.1) is 0 Å². The van der Waals surface area contributed by atoms with E-state index in [1.54, 1.807) is 28.4 Å². The molecule has 0 aromatic heterocycles. The first-order valence-corrected chi connectivity index (χ1v) is 23.4. The SMILES string of the molecule is COC(C)(C)c1ccc2c(c1)C(C)(C)c1cc(C(C)(C)OC)ccc1N2c1c2ccccc2c(N2c3ccc(C(C)(C)OC)cc3C(C)(C)c3cc(C(C)(C)OC)ccc32)c2ccccc12. The quantitative estimate of drug-likeness (QED) is 0.128. The minimum Gasteiger partial charge on any atom is -0.374 e. The molecule has 7 aromatic carbocycles. The number of ether oxygens (including phenoxy) is 4. The third-order valence-corrected chi connectivity index (χ3v) is 15.8. The van der Waals surface area contributed by atoms with Gasteiger partial charge in [0, 0.05) is 60.8 Å². The summed E-state index contributed by atoms with van der Waals surface area (Å²) in [5.41, 5.74) is 13.8. The van der Waals surface area contributed by atoms with Crippen molar-refractivity contribution >= 4 is 55.7 Å². The normalized spacial score (nSPS) is 15.7. The van der Waals surface area contributed by atoms with Crippen molar-refractivity contribution in [3.63, 3.8) is 0 Å². The number of fused-ring (bicyclic) bond motifs is 6. The van der Waals surface area contributed by atoms with Crippen LogP contribution in [0, 0.1) is 0 Å². The molecule has 6 nitrogen and oxygen atoms in total. The zero-order valence-corrected chi connectivity index (χ0v) is 42.1. The van der Waals surface area contributed by atoms with E-state index >= 15 is 0 Å². The lowest BCUT2D eigenvalue weighted by Gasteiger charge is -2.45. The Kier molecular flexibility index (Phi) is 10.7. The van der Waals surface area contributed by atoms with Gasteiger partial charge in [0.15, 0.2) is 0 Å². The second-order valence-corrected chi connectivity index (χ2v) is 21.5. The molecule has 0 radical (unpaired) electrons. The summed E-state index contributed by atoms with van der Waals surface area (Å²) in [4.78, 5) is 5.08. The van der Waals surface area contributed by atoms with Gasteiger partial charge in [-0.2, -0.15) is 0 Å². The Morgan fingerprint density at radius 1 is 0.333 bits per heavy atom. The average Bonchev–Trinajstić information content (AvgIpc) is 3.31.